The fourth-order valence-electron chi connectivity index (χ4n) is 4.79. The summed E-state index contributed by atoms with van der Waals surface area (Å²) in [7, 11) is 0. The number of carboxylic acids is 1. The second kappa shape index (κ2) is 10.8. The lowest BCUT2D eigenvalue weighted by Gasteiger charge is -2.43. The molecule has 0 bridgehead atoms. The zero-order chi connectivity index (χ0) is 25.9. The number of hydrogen-bond acceptors (Lipinski definition) is 5. The summed E-state index contributed by atoms with van der Waals surface area (Å²) < 4.78 is 0. The molecule has 4 rings (SSSR count). The number of carbonyl (C=O) groups is 4. The quantitative estimate of drug-likeness (QED) is 0.504. The van der Waals surface area contributed by atoms with Crippen molar-refractivity contribution in [1.82, 2.24) is 15.5 Å². The fourth-order valence-corrected chi connectivity index (χ4v) is 5.36. The molecule has 2 aliphatic heterocycles. The smallest absolute Gasteiger partial charge is 0.326 e. The Hall–Kier alpha value is -3.30. The number of halogens is 2. The number of para-hydroxylation sites is 1. The van der Waals surface area contributed by atoms with Crippen molar-refractivity contribution in [2.75, 3.05) is 24.7 Å². The summed E-state index contributed by atoms with van der Waals surface area (Å²) in [4.78, 5) is 53.7. The predicted octanol–water partition coefficient (Wildman–Crippen LogP) is 2.91. The van der Waals surface area contributed by atoms with Crippen molar-refractivity contribution < 1.29 is 24.3 Å². The highest BCUT2D eigenvalue weighted by atomic mass is 35.5. The molecule has 1 spiro atoms. The van der Waals surface area contributed by atoms with Crippen LogP contribution in [0, 0.1) is 0 Å². The lowest BCUT2D eigenvalue weighted by molar-refractivity contribution is -0.140. The summed E-state index contributed by atoms with van der Waals surface area (Å²) in [6.07, 6.45) is 0.752. The molecule has 1 atom stereocenters. The van der Waals surface area contributed by atoms with Crippen molar-refractivity contribution in [3.8, 4) is 0 Å². The number of nitrogens with one attached hydrogen (secondary N) is 2. The van der Waals surface area contributed by atoms with Gasteiger partial charge in [0.2, 0.25) is 11.8 Å². The molecule has 0 radical (unpaired) electrons. The van der Waals surface area contributed by atoms with E-state index in [9.17, 15) is 24.3 Å². The normalized spacial score (nSPS) is 17.6. The maximum atomic E-state index is 12.9. The topological polar surface area (TPSA) is 119 Å². The summed E-state index contributed by atoms with van der Waals surface area (Å²) in [6.45, 7) is 1.15. The monoisotopic (exact) mass is 532 g/mol. The largest absolute Gasteiger partial charge is 0.480 e. The van der Waals surface area contributed by atoms with Crippen molar-refractivity contribution >= 4 is 52.6 Å². The minimum absolute atomic E-state index is 0.0162. The van der Waals surface area contributed by atoms with Gasteiger partial charge in [0.25, 0.3) is 5.91 Å². The second-order valence-electron chi connectivity index (χ2n) is 8.84. The van der Waals surface area contributed by atoms with Crippen LogP contribution in [0.2, 0.25) is 10.0 Å². The fraction of sp³-hybridized carbons (Fsp3) is 0.360. The number of amides is 3. The van der Waals surface area contributed by atoms with E-state index in [1.807, 2.05) is 35.2 Å². The molecule has 2 fully saturated rings. The van der Waals surface area contributed by atoms with Crippen LogP contribution >= 0.6 is 23.2 Å². The van der Waals surface area contributed by atoms with Gasteiger partial charge in [0.15, 0.2) is 0 Å². The molecular weight excluding hydrogens is 507 g/mol. The lowest BCUT2D eigenvalue weighted by Crippen LogP contribution is -2.57. The Morgan fingerprint density at radius 3 is 2.28 bits per heavy atom. The maximum absolute atomic E-state index is 12.9. The molecule has 3 N–H and O–H groups in total. The molecule has 1 unspecified atom stereocenters. The first-order valence-electron chi connectivity index (χ1n) is 11.6. The van der Waals surface area contributed by atoms with Crippen LogP contribution in [0.3, 0.4) is 0 Å². The molecule has 0 aromatic heterocycles. The van der Waals surface area contributed by atoms with Crippen LogP contribution in [0.25, 0.3) is 0 Å². The number of nitrogens with zero attached hydrogens (tertiary/aromatic N) is 2. The van der Waals surface area contributed by atoms with Crippen LogP contribution in [-0.4, -0.2) is 65.0 Å². The van der Waals surface area contributed by atoms with Crippen molar-refractivity contribution in [3.63, 3.8) is 0 Å². The Balaban J connectivity index is 1.35. The average molecular weight is 533 g/mol. The van der Waals surface area contributed by atoms with Gasteiger partial charge in [-0.05, 0) is 43.5 Å². The van der Waals surface area contributed by atoms with Gasteiger partial charge in [-0.25, -0.2) is 4.79 Å². The van der Waals surface area contributed by atoms with Crippen LogP contribution in [0.1, 0.15) is 36.0 Å². The zero-order valence-corrected chi connectivity index (χ0v) is 20.9. The Morgan fingerprint density at radius 1 is 1.03 bits per heavy atom. The number of carbonyl (C=O) groups excluding carboxylic acids is 3. The van der Waals surface area contributed by atoms with Gasteiger partial charge >= 0.3 is 5.97 Å². The van der Waals surface area contributed by atoms with E-state index in [-0.39, 0.29) is 40.3 Å². The van der Waals surface area contributed by atoms with Crippen molar-refractivity contribution in [2.45, 2.75) is 37.3 Å². The van der Waals surface area contributed by atoms with Crippen LogP contribution in [0.15, 0.2) is 48.5 Å². The van der Waals surface area contributed by atoms with Gasteiger partial charge in [-0.1, -0.05) is 47.5 Å². The van der Waals surface area contributed by atoms with E-state index < -0.39 is 23.5 Å². The molecule has 36 heavy (non-hydrogen) atoms. The van der Waals surface area contributed by atoms with E-state index in [2.05, 4.69) is 10.6 Å². The molecule has 0 aliphatic carbocycles. The highest BCUT2D eigenvalue weighted by Gasteiger charge is 2.50. The molecule has 2 aromatic rings. The predicted molar refractivity (Wildman–Crippen MR) is 135 cm³/mol. The zero-order valence-electron chi connectivity index (χ0n) is 19.4. The van der Waals surface area contributed by atoms with E-state index in [1.165, 1.54) is 12.1 Å². The summed E-state index contributed by atoms with van der Waals surface area (Å²) >= 11 is 12.1. The number of carboxylic acid groups (broad SMARTS) is 1. The molecule has 11 heteroatoms. The summed E-state index contributed by atoms with van der Waals surface area (Å²) in [5.41, 5.74) is 0.205. The number of hydrogen-bond donors (Lipinski definition) is 3. The number of aliphatic carboxylic acids is 1. The van der Waals surface area contributed by atoms with Crippen LogP contribution < -0.4 is 15.5 Å². The highest BCUT2D eigenvalue weighted by Crippen LogP contribution is 2.36. The Morgan fingerprint density at radius 2 is 1.67 bits per heavy atom. The average Bonchev–Trinajstić information content (AvgIpc) is 3.17. The number of likely N-dealkylation sites (tertiary alicyclic amines) is 1. The Labute approximate surface area is 218 Å². The first-order valence-corrected chi connectivity index (χ1v) is 12.3. The van der Waals surface area contributed by atoms with Gasteiger partial charge in [-0.15, -0.1) is 0 Å². The van der Waals surface area contributed by atoms with Crippen LogP contribution in [0.5, 0.6) is 0 Å². The van der Waals surface area contributed by atoms with E-state index in [0.29, 0.717) is 32.6 Å². The van der Waals surface area contributed by atoms with Gasteiger partial charge in [0.05, 0.1) is 22.3 Å². The van der Waals surface area contributed by atoms with Crippen LogP contribution in [0.4, 0.5) is 5.69 Å². The number of rotatable bonds is 7. The van der Waals surface area contributed by atoms with Gasteiger partial charge in [0, 0.05) is 25.2 Å². The van der Waals surface area contributed by atoms with Gasteiger partial charge in [-0.2, -0.15) is 0 Å². The molecule has 2 heterocycles. The summed E-state index contributed by atoms with van der Waals surface area (Å²) in [5.74, 6) is -2.27. The second-order valence-corrected chi connectivity index (χ2v) is 9.65. The first kappa shape index (κ1) is 25.8. The maximum Gasteiger partial charge on any atom is 0.326 e. The molecule has 2 aliphatic rings. The minimum Gasteiger partial charge on any atom is -0.480 e. The Bertz CT molecular complexity index is 1150. The van der Waals surface area contributed by atoms with E-state index in [1.54, 1.807) is 11.0 Å². The molecule has 0 saturated carbocycles. The molecule has 9 nitrogen and oxygen atoms in total. The SMILES string of the molecule is O=C(NC(CCC(=O)N1CCC2(CC1)C(=O)NCN2c1ccccc1)C(=O)O)c1c(Cl)cccc1Cl. The van der Waals surface area contributed by atoms with E-state index in [0.717, 1.165) is 5.69 Å². The third-order valence-electron chi connectivity index (χ3n) is 6.79. The number of piperidine rings is 1. The van der Waals surface area contributed by atoms with Crippen molar-refractivity contribution in [1.29, 1.82) is 0 Å². The van der Waals surface area contributed by atoms with Crippen LogP contribution in [-0.2, 0) is 14.4 Å². The molecular formula is C25H26Cl2N4O5. The number of anilines is 1. The highest BCUT2D eigenvalue weighted by molar-refractivity contribution is 6.39. The van der Waals surface area contributed by atoms with Crippen molar-refractivity contribution in [3.05, 3.63) is 64.1 Å². The molecule has 3 amide bonds. The third-order valence-corrected chi connectivity index (χ3v) is 7.42. The first-order chi connectivity index (χ1) is 17.2. The number of benzene rings is 2. The molecule has 2 aromatic carbocycles. The van der Waals surface area contributed by atoms with Gasteiger partial charge < -0.3 is 25.5 Å². The molecule has 190 valence electrons. The van der Waals surface area contributed by atoms with Gasteiger partial charge in [-0.3, -0.25) is 14.4 Å². The summed E-state index contributed by atoms with van der Waals surface area (Å²) in [6, 6.07) is 12.9. The standard InChI is InChI=1S/C25H26Cl2N4O5/c26-17-7-4-8-18(27)21(17)22(33)29-19(23(34)35)9-10-20(32)30-13-11-25(12-14-30)24(36)28-15-31(25)16-5-2-1-3-6-16/h1-8,19H,9-15H2,(H,28,36)(H,29,33)(H,34,35). The van der Waals surface area contributed by atoms with E-state index in [4.69, 9.17) is 23.2 Å². The van der Waals surface area contributed by atoms with Gasteiger partial charge in [0.1, 0.15) is 11.6 Å². The third kappa shape index (κ3) is 5.12. The van der Waals surface area contributed by atoms with E-state index >= 15 is 0 Å². The molecule has 2 saturated heterocycles. The lowest BCUT2D eigenvalue weighted by atomic mass is 9.85. The minimum atomic E-state index is -1.29. The van der Waals surface area contributed by atoms with Crippen molar-refractivity contribution in [2.24, 2.45) is 0 Å². The summed E-state index contributed by atoms with van der Waals surface area (Å²) in [5, 5.41) is 15.1. The Kier molecular flexibility index (Phi) is 7.70.